The number of hydrogen-bond acceptors (Lipinski definition) is 1. The van der Waals surface area contributed by atoms with Crippen LogP contribution in [-0.2, 0) is 4.79 Å². The van der Waals surface area contributed by atoms with E-state index in [0.29, 0.717) is 0 Å². The Balaban J connectivity index is 3.85. The minimum atomic E-state index is -3.53. The fourth-order valence-corrected chi connectivity index (χ4v) is 0.421. The third-order valence-corrected chi connectivity index (χ3v) is 0.877. The molecule has 54 valence electrons. The maximum atomic E-state index is 11.9. The van der Waals surface area contributed by atoms with Gasteiger partial charge in [-0.15, -0.1) is 0 Å². The fraction of sp³-hybridized carbons (Fsp3) is 0.800. The van der Waals surface area contributed by atoms with Gasteiger partial charge in [0, 0.05) is 6.42 Å². The highest BCUT2D eigenvalue weighted by atomic mass is 19.3. The van der Waals surface area contributed by atoms with Crippen LogP contribution in [0.2, 0.25) is 0 Å². The van der Waals surface area contributed by atoms with Gasteiger partial charge in [0.05, 0.1) is 0 Å². The maximum Gasteiger partial charge on any atom is 0.374 e. The molecule has 4 heteroatoms. The fourth-order valence-electron chi connectivity index (χ4n) is 0.421. The Bertz CT molecular complexity index is 112. The van der Waals surface area contributed by atoms with Crippen LogP contribution in [0.25, 0.3) is 0 Å². The molecule has 0 bridgehead atoms. The molecule has 0 amide bonds. The van der Waals surface area contributed by atoms with Crippen molar-refractivity contribution in [2.75, 3.05) is 0 Å². The number of aliphatic carboxylic acids is 1. The first-order chi connectivity index (χ1) is 4.00. The van der Waals surface area contributed by atoms with Crippen LogP contribution in [0.4, 0.5) is 8.78 Å². The summed E-state index contributed by atoms with van der Waals surface area (Å²) in [5.74, 6) is -5.57. The third-order valence-electron chi connectivity index (χ3n) is 0.877. The normalized spacial score (nSPS) is 11.4. The first kappa shape index (κ1) is 8.33. The van der Waals surface area contributed by atoms with Crippen LogP contribution in [0.15, 0.2) is 0 Å². The molecule has 0 aliphatic heterocycles. The average molecular weight is 138 g/mol. The van der Waals surface area contributed by atoms with Gasteiger partial charge in [-0.05, 0) is 6.42 Å². The van der Waals surface area contributed by atoms with E-state index < -0.39 is 18.3 Å². The molecule has 0 aromatic heterocycles. The van der Waals surface area contributed by atoms with Gasteiger partial charge in [-0.3, -0.25) is 0 Å². The van der Waals surface area contributed by atoms with Crippen LogP contribution in [0.1, 0.15) is 19.8 Å². The first-order valence-electron chi connectivity index (χ1n) is 2.62. The minimum absolute atomic E-state index is 0.180. The van der Waals surface area contributed by atoms with Crippen LogP contribution in [-0.4, -0.2) is 17.0 Å². The summed E-state index contributed by atoms with van der Waals surface area (Å²) >= 11 is 0. The molecule has 2 nitrogen and oxygen atoms in total. The Hall–Kier alpha value is -0.670. The van der Waals surface area contributed by atoms with E-state index in [-0.39, 0.29) is 6.42 Å². The molecule has 0 heterocycles. The van der Waals surface area contributed by atoms with Crippen molar-refractivity contribution >= 4 is 5.97 Å². The van der Waals surface area contributed by atoms with Crippen molar-refractivity contribution in [1.29, 1.82) is 0 Å². The zero-order chi connectivity index (χ0) is 7.49. The molecule has 0 saturated carbocycles. The summed E-state index contributed by atoms with van der Waals surface area (Å²) in [4.78, 5) is 9.66. The lowest BCUT2D eigenvalue weighted by molar-refractivity contribution is -0.165. The maximum absolute atomic E-state index is 11.9. The topological polar surface area (TPSA) is 37.3 Å². The van der Waals surface area contributed by atoms with E-state index >= 15 is 0 Å². The lowest BCUT2D eigenvalue weighted by atomic mass is 10.2. The van der Waals surface area contributed by atoms with Crippen molar-refractivity contribution in [3.8, 4) is 0 Å². The molecule has 0 aliphatic carbocycles. The molecule has 0 saturated heterocycles. The van der Waals surface area contributed by atoms with Gasteiger partial charge in [0.2, 0.25) is 0 Å². The number of alkyl halides is 2. The molecule has 1 N–H and O–H groups in total. The summed E-state index contributed by atoms with van der Waals surface area (Å²) in [6.07, 6.45) is -0.401. The Kier molecular flexibility index (Phi) is 2.55. The highest BCUT2D eigenvalue weighted by molar-refractivity contribution is 5.75. The summed E-state index contributed by atoms with van der Waals surface area (Å²) < 4.78 is 23.9. The lowest BCUT2D eigenvalue weighted by Crippen LogP contribution is -2.27. The summed E-state index contributed by atoms with van der Waals surface area (Å²) in [6, 6.07) is 0. The number of rotatable bonds is 3. The molecular formula is C5H8F2O2. The first-order valence-corrected chi connectivity index (χ1v) is 2.62. The Morgan fingerprint density at radius 2 is 2.11 bits per heavy atom. The molecular weight excluding hydrogens is 130 g/mol. The van der Waals surface area contributed by atoms with E-state index in [1.807, 2.05) is 0 Å². The second-order valence-electron chi connectivity index (χ2n) is 1.76. The molecule has 0 aromatic rings. The van der Waals surface area contributed by atoms with Gasteiger partial charge < -0.3 is 5.11 Å². The SMILES string of the molecule is CCCC(F)(F)C(=O)O. The molecule has 0 radical (unpaired) electrons. The second-order valence-corrected chi connectivity index (χ2v) is 1.76. The third kappa shape index (κ3) is 2.39. The van der Waals surface area contributed by atoms with Crippen LogP contribution in [0, 0.1) is 0 Å². The van der Waals surface area contributed by atoms with Crippen LogP contribution in [0.3, 0.4) is 0 Å². The summed E-state index contributed by atoms with van der Waals surface area (Å²) in [6.45, 7) is 1.51. The zero-order valence-corrected chi connectivity index (χ0v) is 5.03. The quantitative estimate of drug-likeness (QED) is 0.641. The lowest BCUT2D eigenvalue weighted by Gasteiger charge is -2.07. The zero-order valence-electron chi connectivity index (χ0n) is 5.03. The van der Waals surface area contributed by atoms with Crippen molar-refractivity contribution < 1.29 is 18.7 Å². The van der Waals surface area contributed by atoms with Gasteiger partial charge in [0.25, 0.3) is 0 Å². The average Bonchev–Trinajstić information content (AvgIpc) is 1.65. The Morgan fingerprint density at radius 3 is 2.22 bits per heavy atom. The van der Waals surface area contributed by atoms with E-state index in [0.717, 1.165) is 0 Å². The van der Waals surface area contributed by atoms with Crippen molar-refractivity contribution in [2.45, 2.75) is 25.7 Å². The van der Waals surface area contributed by atoms with Gasteiger partial charge in [-0.1, -0.05) is 6.92 Å². The Morgan fingerprint density at radius 1 is 1.67 bits per heavy atom. The largest absolute Gasteiger partial charge is 0.477 e. The standard InChI is InChI=1S/C5H8F2O2/c1-2-3-5(6,7)4(8)9/h2-3H2,1H3,(H,8,9). The molecule has 0 aromatic carbocycles. The molecule has 0 aliphatic rings. The Labute approximate surface area is 51.5 Å². The molecule has 0 rings (SSSR count). The summed E-state index contributed by atoms with van der Waals surface area (Å²) in [5, 5.41) is 7.82. The van der Waals surface area contributed by atoms with Crippen molar-refractivity contribution in [1.82, 2.24) is 0 Å². The number of hydrogen-bond donors (Lipinski definition) is 1. The van der Waals surface area contributed by atoms with Crippen LogP contribution in [0.5, 0.6) is 0 Å². The van der Waals surface area contributed by atoms with Gasteiger partial charge in [-0.25, -0.2) is 4.79 Å². The van der Waals surface area contributed by atoms with Crippen molar-refractivity contribution in [3.63, 3.8) is 0 Å². The molecule has 0 unspecified atom stereocenters. The molecule has 0 fully saturated rings. The molecule has 9 heavy (non-hydrogen) atoms. The van der Waals surface area contributed by atoms with Crippen LogP contribution >= 0.6 is 0 Å². The van der Waals surface area contributed by atoms with Crippen LogP contribution < -0.4 is 0 Å². The predicted molar refractivity (Wildman–Crippen MR) is 27.5 cm³/mol. The monoisotopic (exact) mass is 138 g/mol. The second kappa shape index (κ2) is 2.75. The number of carbonyl (C=O) groups is 1. The molecule has 0 atom stereocenters. The minimum Gasteiger partial charge on any atom is -0.477 e. The van der Waals surface area contributed by atoms with E-state index in [9.17, 15) is 13.6 Å². The van der Waals surface area contributed by atoms with Gasteiger partial charge in [0.1, 0.15) is 0 Å². The van der Waals surface area contributed by atoms with Crippen molar-refractivity contribution in [2.24, 2.45) is 0 Å². The number of carboxylic acids is 1. The van der Waals surface area contributed by atoms with Gasteiger partial charge in [0.15, 0.2) is 0 Å². The summed E-state index contributed by atoms with van der Waals surface area (Å²) in [7, 11) is 0. The van der Waals surface area contributed by atoms with Crippen molar-refractivity contribution in [3.05, 3.63) is 0 Å². The number of halogens is 2. The summed E-state index contributed by atoms with van der Waals surface area (Å²) in [5.41, 5.74) is 0. The number of carboxylic acid groups (broad SMARTS) is 1. The highest BCUT2D eigenvalue weighted by Gasteiger charge is 2.36. The van der Waals surface area contributed by atoms with Gasteiger partial charge in [-0.2, -0.15) is 8.78 Å². The highest BCUT2D eigenvalue weighted by Crippen LogP contribution is 2.19. The van der Waals surface area contributed by atoms with E-state index in [1.165, 1.54) is 6.92 Å². The van der Waals surface area contributed by atoms with E-state index in [4.69, 9.17) is 5.11 Å². The smallest absolute Gasteiger partial charge is 0.374 e. The van der Waals surface area contributed by atoms with E-state index in [1.54, 1.807) is 0 Å². The molecule has 0 spiro atoms. The van der Waals surface area contributed by atoms with E-state index in [2.05, 4.69) is 0 Å². The predicted octanol–water partition coefficient (Wildman–Crippen LogP) is 1.51. The van der Waals surface area contributed by atoms with Gasteiger partial charge >= 0.3 is 11.9 Å².